The lowest BCUT2D eigenvalue weighted by Gasteiger charge is -2.23. The molecule has 1 unspecified atom stereocenters. The summed E-state index contributed by atoms with van der Waals surface area (Å²) in [6.07, 6.45) is 9.53. The summed E-state index contributed by atoms with van der Waals surface area (Å²) in [6, 6.07) is 5.18. The second kappa shape index (κ2) is 10.00. The van der Waals surface area contributed by atoms with Crippen molar-refractivity contribution in [3.05, 3.63) is 34.4 Å². The van der Waals surface area contributed by atoms with Crippen molar-refractivity contribution in [2.45, 2.75) is 85.6 Å². The Morgan fingerprint density at radius 3 is 2.00 bits per heavy atom. The highest BCUT2D eigenvalue weighted by Crippen LogP contribution is 2.27. The SMILES string of the molecule is CCCCCCCCC(NCC)c1c(C)cc(C)cc1C. The summed E-state index contributed by atoms with van der Waals surface area (Å²) in [5.74, 6) is 0. The third kappa shape index (κ3) is 6.22. The molecule has 0 heterocycles. The van der Waals surface area contributed by atoms with E-state index in [-0.39, 0.29) is 0 Å². The Morgan fingerprint density at radius 2 is 1.43 bits per heavy atom. The summed E-state index contributed by atoms with van der Waals surface area (Å²) in [5, 5.41) is 3.70. The highest BCUT2D eigenvalue weighted by Gasteiger charge is 2.15. The van der Waals surface area contributed by atoms with Gasteiger partial charge in [0.1, 0.15) is 0 Å². The number of hydrogen-bond acceptors (Lipinski definition) is 1. The summed E-state index contributed by atoms with van der Waals surface area (Å²) in [6.45, 7) is 12.3. The minimum Gasteiger partial charge on any atom is -0.310 e. The van der Waals surface area contributed by atoms with E-state index in [1.54, 1.807) is 0 Å². The average molecular weight is 290 g/mol. The van der Waals surface area contributed by atoms with Crippen LogP contribution in [0.15, 0.2) is 12.1 Å². The first-order valence-electron chi connectivity index (χ1n) is 8.91. The maximum Gasteiger partial charge on any atom is 0.0325 e. The fourth-order valence-corrected chi connectivity index (χ4v) is 3.46. The van der Waals surface area contributed by atoms with Crippen molar-refractivity contribution >= 4 is 0 Å². The lowest BCUT2D eigenvalue weighted by Crippen LogP contribution is -2.22. The molecule has 0 saturated heterocycles. The number of hydrogen-bond donors (Lipinski definition) is 1. The molecule has 1 heteroatoms. The standard InChI is InChI=1S/C20H35N/c1-6-8-9-10-11-12-13-19(21-7-2)20-17(4)14-16(3)15-18(20)5/h14-15,19,21H,6-13H2,1-5H3. The van der Waals surface area contributed by atoms with Crippen molar-refractivity contribution in [1.29, 1.82) is 0 Å². The summed E-state index contributed by atoms with van der Waals surface area (Å²) in [4.78, 5) is 0. The van der Waals surface area contributed by atoms with Gasteiger partial charge in [-0.15, -0.1) is 0 Å². The molecule has 21 heavy (non-hydrogen) atoms. The van der Waals surface area contributed by atoms with E-state index < -0.39 is 0 Å². The highest BCUT2D eigenvalue weighted by atomic mass is 14.9. The normalized spacial score (nSPS) is 12.6. The molecule has 0 bridgehead atoms. The summed E-state index contributed by atoms with van der Waals surface area (Å²) in [5.41, 5.74) is 5.81. The Kier molecular flexibility index (Phi) is 8.68. The third-order valence-corrected chi connectivity index (χ3v) is 4.38. The first-order chi connectivity index (χ1) is 10.1. The van der Waals surface area contributed by atoms with Gasteiger partial charge in [0.2, 0.25) is 0 Å². The highest BCUT2D eigenvalue weighted by molar-refractivity contribution is 5.39. The number of aryl methyl sites for hydroxylation is 3. The van der Waals surface area contributed by atoms with Crippen molar-refractivity contribution in [2.24, 2.45) is 0 Å². The van der Waals surface area contributed by atoms with E-state index in [9.17, 15) is 0 Å². The molecule has 1 nitrogen and oxygen atoms in total. The zero-order valence-corrected chi connectivity index (χ0v) is 14.9. The van der Waals surface area contributed by atoms with Gasteiger partial charge in [0.15, 0.2) is 0 Å². The van der Waals surface area contributed by atoms with E-state index >= 15 is 0 Å². The van der Waals surface area contributed by atoms with E-state index in [0.29, 0.717) is 6.04 Å². The minimum atomic E-state index is 0.529. The van der Waals surface area contributed by atoms with Gasteiger partial charge in [-0.2, -0.15) is 0 Å². The van der Waals surface area contributed by atoms with Crippen LogP contribution in [0.3, 0.4) is 0 Å². The summed E-state index contributed by atoms with van der Waals surface area (Å²) < 4.78 is 0. The second-order valence-electron chi connectivity index (χ2n) is 6.48. The monoisotopic (exact) mass is 289 g/mol. The molecule has 0 fully saturated rings. The number of unbranched alkanes of at least 4 members (excludes halogenated alkanes) is 5. The van der Waals surface area contributed by atoms with E-state index in [1.165, 1.54) is 67.2 Å². The Balaban J connectivity index is 2.61. The first-order valence-corrected chi connectivity index (χ1v) is 8.91. The number of rotatable bonds is 10. The molecule has 0 saturated carbocycles. The molecule has 0 spiro atoms. The summed E-state index contributed by atoms with van der Waals surface area (Å²) in [7, 11) is 0. The van der Waals surface area contributed by atoms with Crippen LogP contribution in [0.25, 0.3) is 0 Å². The Labute approximate surface area is 132 Å². The van der Waals surface area contributed by atoms with Gasteiger partial charge in [0.05, 0.1) is 0 Å². The van der Waals surface area contributed by atoms with Crippen LogP contribution >= 0.6 is 0 Å². The Hall–Kier alpha value is -0.820. The molecule has 1 atom stereocenters. The van der Waals surface area contributed by atoms with Gasteiger partial charge >= 0.3 is 0 Å². The van der Waals surface area contributed by atoms with Crippen LogP contribution in [-0.4, -0.2) is 6.54 Å². The van der Waals surface area contributed by atoms with Crippen LogP contribution in [0, 0.1) is 20.8 Å². The van der Waals surface area contributed by atoms with Gasteiger partial charge in [-0.3, -0.25) is 0 Å². The maximum absolute atomic E-state index is 3.70. The maximum atomic E-state index is 3.70. The largest absolute Gasteiger partial charge is 0.310 e. The van der Waals surface area contributed by atoms with E-state index in [4.69, 9.17) is 0 Å². The molecule has 0 aliphatic rings. The van der Waals surface area contributed by atoms with Crippen molar-refractivity contribution < 1.29 is 0 Å². The number of nitrogens with one attached hydrogen (secondary N) is 1. The predicted molar refractivity (Wildman–Crippen MR) is 95.1 cm³/mol. The molecule has 0 aromatic heterocycles. The van der Waals surface area contributed by atoms with Crippen LogP contribution < -0.4 is 5.32 Å². The molecule has 0 aliphatic carbocycles. The molecule has 120 valence electrons. The zero-order chi connectivity index (χ0) is 15.7. The van der Waals surface area contributed by atoms with Gasteiger partial charge in [0.25, 0.3) is 0 Å². The van der Waals surface area contributed by atoms with Crippen molar-refractivity contribution in [3.8, 4) is 0 Å². The van der Waals surface area contributed by atoms with Gasteiger partial charge in [-0.1, -0.05) is 70.1 Å². The van der Waals surface area contributed by atoms with Crippen molar-refractivity contribution in [3.63, 3.8) is 0 Å². The van der Waals surface area contributed by atoms with Crippen molar-refractivity contribution in [2.75, 3.05) is 6.54 Å². The molecule has 1 N–H and O–H groups in total. The van der Waals surface area contributed by atoms with Gasteiger partial charge in [0, 0.05) is 6.04 Å². The quantitative estimate of drug-likeness (QED) is 0.520. The van der Waals surface area contributed by atoms with Gasteiger partial charge in [-0.05, 0) is 50.4 Å². The average Bonchev–Trinajstić information content (AvgIpc) is 2.41. The van der Waals surface area contributed by atoms with Crippen LogP contribution in [-0.2, 0) is 0 Å². The van der Waals surface area contributed by atoms with E-state index in [1.807, 2.05) is 0 Å². The van der Waals surface area contributed by atoms with Crippen LogP contribution in [0.1, 0.15) is 87.1 Å². The molecule has 1 aromatic rings. The van der Waals surface area contributed by atoms with Crippen molar-refractivity contribution in [1.82, 2.24) is 5.32 Å². The fourth-order valence-electron chi connectivity index (χ4n) is 3.46. The van der Waals surface area contributed by atoms with Crippen LogP contribution in [0.4, 0.5) is 0 Å². The second-order valence-corrected chi connectivity index (χ2v) is 6.48. The molecular formula is C20H35N. The number of benzene rings is 1. The van der Waals surface area contributed by atoms with Gasteiger partial charge < -0.3 is 5.32 Å². The topological polar surface area (TPSA) is 12.0 Å². The third-order valence-electron chi connectivity index (χ3n) is 4.38. The molecule has 1 rings (SSSR count). The van der Waals surface area contributed by atoms with Gasteiger partial charge in [-0.25, -0.2) is 0 Å². The molecular weight excluding hydrogens is 254 g/mol. The summed E-state index contributed by atoms with van der Waals surface area (Å²) >= 11 is 0. The molecule has 0 amide bonds. The lowest BCUT2D eigenvalue weighted by atomic mass is 9.91. The minimum absolute atomic E-state index is 0.529. The Morgan fingerprint density at radius 1 is 0.857 bits per heavy atom. The molecule has 1 aromatic carbocycles. The van der Waals surface area contributed by atoms with Crippen LogP contribution in [0.2, 0.25) is 0 Å². The zero-order valence-electron chi connectivity index (χ0n) is 14.9. The van der Waals surface area contributed by atoms with E-state index in [2.05, 4.69) is 52.1 Å². The smallest absolute Gasteiger partial charge is 0.0325 e. The molecule has 0 radical (unpaired) electrons. The predicted octanol–water partition coefficient (Wildman–Crippen LogP) is 6.01. The van der Waals surface area contributed by atoms with E-state index in [0.717, 1.165) is 6.54 Å². The Bertz CT molecular complexity index is 385. The lowest BCUT2D eigenvalue weighted by molar-refractivity contribution is 0.474. The van der Waals surface area contributed by atoms with Crippen LogP contribution in [0.5, 0.6) is 0 Å². The fraction of sp³-hybridized carbons (Fsp3) is 0.700. The first kappa shape index (κ1) is 18.2. The molecule has 0 aliphatic heterocycles.